The Labute approximate surface area is 75.0 Å². The molecule has 0 radical (unpaired) electrons. The van der Waals surface area contributed by atoms with Gasteiger partial charge in [0.15, 0.2) is 0 Å². The van der Waals surface area contributed by atoms with Gasteiger partial charge >= 0.3 is 0 Å². The normalized spacial score (nSPS) is 26.5. The van der Waals surface area contributed by atoms with Gasteiger partial charge in [-0.2, -0.15) is 0 Å². The average Bonchev–Trinajstić information content (AvgIpc) is 2.02. The molecular weight excluding hydrogens is 171 g/mol. The van der Waals surface area contributed by atoms with Crippen LogP contribution in [0.2, 0.25) is 0 Å². The van der Waals surface area contributed by atoms with Crippen LogP contribution in [0.25, 0.3) is 0 Å². The lowest BCUT2D eigenvalue weighted by Gasteiger charge is -2.39. The topological polar surface area (TPSA) is 42.0 Å². The molecule has 13 heavy (non-hydrogen) atoms. The molecule has 1 aliphatic heterocycles. The van der Waals surface area contributed by atoms with Gasteiger partial charge in [0.1, 0.15) is 5.82 Å². The Hall–Kier alpha value is -1.45. The third kappa shape index (κ3) is 1.28. The molecule has 1 N–H and O–H groups in total. The zero-order valence-electron chi connectivity index (χ0n) is 7.17. The Morgan fingerprint density at radius 1 is 1.62 bits per heavy atom. The maximum Gasteiger partial charge on any atom is 0.223 e. The fourth-order valence-corrected chi connectivity index (χ4v) is 1.50. The van der Waals surface area contributed by atoms with Crippen molar-refractivity contribution >= 4 is 5.91 Å². The lowest BCUT2D eigenvalue weighted by molar-refractivity contribution is -0.132. The molecule has 1 amide bonds. The summed E-state index contributed by atoms with van der Waals surface area (Å²) in [6.07, 6.45) is 3.12. The van der Waals surface area contributed by atoms with Gasteiger partial charge in [-0.05, 0) is 18.6 Å². The largest absolute Gasteiger partial charge is 0.346 e. The van der Waals surface area contributed by atoms with Gasteiger partial charge in [-0.25, -0.2) is 4.39 Å². The summed E-state index contributed by atoms with van der Waals surface area (Å²) in [5.74, 6) is -0.383. The molecule has 0 bridgehead atoms. The number of carbonyl (C=O) groups excluding carboxylic acids is 1. The predicted molar refractivity (Wildman–Crippen MR) is 44.3 cm³/mol. The summed E-state index contributed by atoms with van der Waals surface area (Å²) in [5.41, 5.74) is 0.290. The zero-order chi connectivity index (χ0) is 9.47. The van der Waals surface area contributed by atoms with Gasteiger partial charge in [0, 0.05) is 6.20 Å². The molecule has 2 rings (SSSR count). The molecule has 68 valence electrons. The molecule has 1 aromatic heterocycles. The Morgan fingerprint density at radius 2 is 2.31 bits per heavy atom. The number of rotatable bonds is 1. The minimum atomic E-state index is -0.424. The summed E-state index contributed by atoms with van der Waals surface area (Å²) < 4.78 is 12.8. The summed E-state index contributed by atoms with van der Waals surface area (Å²) in [7, 11) is 0. The molecule has 4 heteroatoms. The average molecular weight is 180 g/mol. The highest BCUT2D eigenvalue weighted by atomic mass is 19.1. The first-order chi connectivity index (χ1) is 6.10. The number of aromatic nitrogens is 1. The van der Waals surface area contributed by atoms with Gasteiger partial charge in [0.05, 0.1) is 18.2 Å². The molecule has 0 spiro atoms. The number of nitrogens with zero attached hydrogens (tertiary/aromatic N) is 1. The van der Waals surface area contributed by atoms with Crippen LogP contribution in [0.3, 0.4) is 0 Å². The molecule has 1 aliphatic rings. The SMILES string of the molecule is CC1(c2cncc(F)c2)CC(=O)N1. The highest BCUT2D eigenvalue weighted by molar-refractivity contribution is 5.85. The summed E-state index contributed by atoms with van der Waals surface area (Å²) >= 11 is 0. The highest BCUT2D eigenvalue weighted by Crippen LogP contribution is 2.30. The standard InChI is InChI=1S/C9H9FN2O/c1-9(3-8(13)12-9)6-2-7(10)5-11-4-6/h2,4-5H,3H2,1H3,(H,12,13). The van der Waals surface area contributed by atoms with Gasteiger partial charge in [0.2, 0.25) is 5.91 Å². The second-order valence-electron chi connectivity index (χ2n) is 3.45. The predicted octanol–water partition coefficient (Wildman–Crippen LogP) is 0.956. The fraction of sp³-hybridized carbons (Fsp3) is 0.333. The minimum absolute atomic E-state index is 0.00763. The number of carbonyl (C=O) groups is 1. The number of nitrogens with one attached hydrogen (secondary N) is 1. The van der Waals surface area contributed by atoms with Crippen LogP contribution in [0.5, 0.6) is 0 Å². The van der Waals surface area contributed by atoms with E-state index in [4.69, 9.17) is 0 Å². The molecule has 1 fully saturated rings. The maximum absolute atomic E-state index is 12.8. The van der Waals surface area contributed by atoms with Gasteiger partial charge in [-0.15, -0.1) is 0 Å². The third-order valence-corrected chi connectivity index (χ3v) is 2.27. The van der Waals surface area contributed by atoms with Crippen LogP contribution < -0.4 is 5.32 Å². The van der Waals surface area contributed by atoms with Gasteiger partial charge in [-0.3, -0.25) is 9.78 Å². The Morgan fingerprint density at radius 3 is 2.85 bits per heavy atom. The first kappa shape index (κ1) is 8.16. The van der Waals surface area contributed by atoms with Crippen LogP contribution in [-0.4, -0.2) is 10.9 Å². The number of pyridine rings is 1. The monoisotopic (exact) mass is 180 g/mol. The lowest BCUT2D eigenvalue weighted by atomic mass is 9.83. The van der Waals surface area contributed by atoms with Crippen LogP contribution >= 0.6 is 0 Å². The van der Waals surface area contributed by atoms with E-state index in [1.54, 1.807) is 6.20 Å². The fourth-order valence-electron chi connectivity index (χ4n) is 1.50. The van der Waals surface area contributed by atoms with Crippen molar-refractivity contribution in [2.45, 2.75) is 18.9 Å². The van der Waals surface area contributed by atoms with Crippen molar-refractivity contribution in [3.05, 3.63) is 29.8 Å². The van der Waals surface area contributed by atoms with Gasteiger partial charge in [-0.1, -0.05) is 0 Å². The van der Waals surface area contributed by atoms with Crippen LogP contribution in [-0.2, 0) is 10.3 Å². The zero-order valence-corrected chi connectivity index (χ0v) is 7.17. The molecule has 0 aromatic carbocycles. The van der Waals surface area contributed by atoms with E-state index in [0.29, 0.717) is 12.0 Å². The van der Waals surface area contributed by atoms with Crippen LogP contribution in [0.15, 0.2) is 18.5 Å². The first-order valence-corrected chi connectivity index (χ1v) is 4.02. The number of amides is 1. The van der Waals surface area contributed by atoms with Crippen LogP contribution in [0.4, 0.5) is 4.39 Å². The van der Waals surface area contributed by atoms with E-state index in [-0.39, 0.29) is 11.7 Å². The second kappa shape index (κ2) is 2.52. The van der Waals surface area contributed by atoms with Gasteiger partial charge < -0.3 is 5.32 Å². The maximum atomic E-state index is 12.8. The summed E-state index contributed by atoms with van der Waals surface area (Å²) in [5, 5.41) is 2.72. The Balaban J connectivity index is 2.31. The quantitative estimate of drug-likeness (QED) is 0.654. The van der Waals surface area contributed by atoms with Crippen molar-refractivity contribution in [2.24, 2.45) is 0 Å². The number of β-lactam (4-membered cyclic amide) rings is 1. The van der Waals surface area contributed by atoms with Crippen molar-refractivity contribution in [3.8, 4) is 0 Å². The first-order valence-electron chi connectivity index (χ1n) is 4.02. The number of hydrogen-bond acceptors (Lipinski definition) is 2. The van der Waals surface area contributed by atoms with E-state index in [9.17, 15) is 9.18 Å². The molecule has 0 saturated carbocycles. The van der Waals surface area contributed by atoms with Crippen molar-refractivity contribution in [1.82, 2.24) is 10.3 Å². The highest BCUT2D eigenvalue weighted by Gasteiger charge is 2.40. The molecule has 1 atom stereocenters. The molecule has 3 nitrogen and oxygen atoms in total. The molecule has 1 unspecified atom stereocenters. The van der Waals surface area contributed by atoms with Crippen LogP contribution in [0.1, 0.15) is 18.9 Å². The lowest BCUT2D eigenvalue weighted by Crippen LogP contribution is -2.56. The molecule has 2 heterocycles. The number of hydrogen-bond donors (Lipinski definition) is 1. The van der Waals surface area contributed by atoms with E-state index in [0.717, 1.165) is 6.20 Å². The van der Waals surface area contributed by atoms with E-state index >= 15 is 0 Å². The summed E-state index contributed by atoms with van der Waals surface area (Å²) in [6.45, 7) is 1.85. The van der Waals surface area contributed by atoms with Crippen molar-refractivity contribution in [2.75, 3.05) is 0 Å². The van der Waals surface area contributed by atoms with Crippen LogP contribution in [0, 0.1) is 5.82 Å². The van der Waals surface area contributed by atoms with E-state index in [1.807, 2.05) is 6.92 Å². The van der Waals surface area contributed by atoms with E-state index in [1.165, 1.54) is 6.07 Å². The molecule has 1 aromatic rings. The molecule has 0 aliphatic carbocycles. The van der Waals surface area contributed by atoms with E-state index < -0.39 is 5.54 Å². The van der Waals surface area contributed by atoms with Crippen molar-refractivity contribution in [3.63, 3.8) is 0 Å². The molecule has 1 saturated heterocycles. The Kier molecular flexibility index (Phi) is 1.58. The summed E-state index contributed by atoms with van der Waals surface area (Å²) in [6, 6.07) is 1.40. The smallest absolute Gasteiger partial charge is 0.223 e. The summed E-state index contributed by atoms with van der Waals surface area (Å²) in [4.78, 5) is 14.5. The minimum Gasteiger partial charge on any atom is -0.346 e. The third-order valence-electron chi connectivity index (χ3n) is 2.27. The Bertz CT molecular complexity index is 356. The number of halogens is 1. The van der Waals surface area contributed by atoms with E-state index in [2.05, 4.69) is 10.3 Å². The van der Waals surface area contributed by atoms with Crippen molar-refractivity contribution < 1.29 is 9.18 Å². The van der Waals surface area contributed by atoms with Crippen molar-refractivity contribution in [1.29, 1.82) is 0 Å². The van der Waals surface area contributed by atoms with Gasteiger partial charge in [0.25, 0.3) is 0 Å². The second-order valence-corrected chi connectivity index (χ2v) is 3.45. The molecular formula is C9H9FN2O.